The van der Waals surface area contributed by atoms with Crippen LogP contribution in [0.5, 0.6) is 0 Å². The van der Waals surface area contributed by atoms with E-state index in [0.717, 1.165) is 23.1 Å². The zero-order valence-corrected chi connectivity index (χ0v) is 15.4. The molecule has 1 aromatic carbocycles. The first-order chi connectivity index (χ1) is 13.2. The van der Waals surface area contributed by atoms with Gasteiger partial charge in [0.05, 0.1) is 48.7 Å². The third kappa shape index (κ3) is 4.85. The van der Waals surface area contributed by atoms with E-state index in [4.69, 9.17) is 16.0 Å². The maximum Gasteiger partial charge on any atom is 0.416 e. The van der Waals surface area contributed by atoms with Gasteiger partial charge in [0.1, 0.15) is 0 Å². The van der Waals surface area contributed by atoms with Crippen LogP contribution in [0.25, 0.3) is 0 Å². The van der Waals surface area contributed by atoms with Crippen molar-refractivity contribution in [2.45, 2.75) is 6.18 Å². The molecule has 150 valence electrons. The van der Waals surface area contributed by atoms with Crippen molar-refractivity contribution in [1.82, 2.24) is 4.90 Å². The minimum absolute atomic E-state index is 0.0326. The van der Waals surface area contributed by atoms with Gasteiger partial charge in [0.2, 0.25) is 0 Å². The van der Waals surface area contributed by atoms with Gasteiger partial charge in [0.25, 0.3) is 11.8 Å². The van der Waals surface area contributed by atoms with Gasteiger partial charge in [-0.3, -0.25) is 9.59 Å². The summed E-state index contributed by atoms with van der Waals surface area (Å²) >= 11 is 5.89. The standard InChI is InChI=1S/C18H17ClF3N3O3/c19-13-4-3-12(18(20,21)22)10-14(13)23-16(26)11-24-5-7-25(8-6-24)17(27)15-2-1-9-28-15/h1-4,9-10H,5-8,11H2,(H,23,26)/p+1. The predicted octanol–water partition coefficient (Wildman–Crippen LogP) is 1.93. The van der Waals surface area contributed by atoms with Gasteiger partial charge in [-0.2, -0.15) is 13.2 Å². The Hall–Kier alpha value is -2.52. The molecule has 10 heteroatoms. The van der Waals surface area contributed by atoms with Gasteiger partial charge in [0.15, 0.2) is 12.3 Å². The van der Waals surface area contributed by atoms with E-state index >= 15 is 0 Å². The highest BCUT2D eigenvalue weighted by Gasteiger charge is 2.31. The summed E-state index contributed by atoms with van der Waals surface area (Å²) in [5.41, 5.74) is -0.961. The minimum atomic E-state index is -4.52. The molecule has 0 unspecified atom stereocenters. The van der Waals surface area contributed by atoms with Crippen molar-refractivity contribution in [2.75, 3.05) is 38.0 Å². The van der Waals surface area contributed by atoms with E-state index in [1.807, 2.05) is 0 Å². The van der Waals surface area contributed by atoms with Gasteiger partial charge in [-0.05, 0) is 30.3 Å². The molecule has 2 heterocycles. The van der Waals surface area contributed by atoms with Crippen LogP contribution in [0, 0.1) is 0 Å². The summed E-state index contributed by atoms with van der Waals surface area (Å²) in [6.07, 6.45) is -3.09. The van der Waals surface area contributed by atoms with Crippen LogP contribution < -0.4 is 10.2 Å². The second-order valence-corrected chi connectivity index (χ2v) is 6.84. The number of hydrogen-bond donors (Lipinski definition) is 2. The van der Waals surface area contributed by atoms with Crippen LogP contribution in [0.2, 0.25) is 5.02 Å². The second-order valence-electron chi connectivity index (χ2n) is 6.44. The number of furan rings is 1. The molecule has 0 aliphatic carbocycles. The lowest BCUT2D eigenvalue weighted by Gasteiger charge is -2.31. The van der Waals surface area contributed by atoms with Crippen molar-refractivity contribution in [1.29, 1.82) is 0 Å². The Morgan fingerprint density at radius 2 is 1.93 bits per heavy atom. The molecule has 3 rings (SSSR count). The largest absolute Gasteiger partial charge is 0.459 e. The van der Waals surface area contributed by atoms with Gasteiger partial charge in [-0.25, -0.2) is 0 Å². The molecule has 6 nitrogen and oxygen atoms in total. The Labute approximate surface area is 163 Å². The number of benzene rings is 1. The van der Waals surface area contributed by atoms with E-state index in [1.165, 1.54) is 6.26 Å². The third-order valence-corrected chi connectivity index (χ3v) is 4.80. The van der Waals surface area contributed by atoms with Crippen LogP contribution in [-0.4, -0.2) is 49.4 Å². The quantitative estimate of drug-likeness (QED) is 0.800. The van der Waals surface area contributed by atoms with Crippen LogP contribution >= 0.6 is 11.6 Å². The van der Waals surface area contributed by atoms with Gasteiger partial charge in [-0.15, -0.1) is 0 Å². The number of anilines is 1. The van der Waals surface area contributed by atoms with Crippen molar-refractivity contribution in [3.8, 4) is 0 Å². The van der Waals surface area contributed by atoms with Crippen molar-refractivity contribution >= 4 is 29.1 Å². The number of hydrogen-bond acceptors (Lipinski definition) is 3. The Morgan fingerprint density at radius 1 is 1.21 bits per heavy atom. The van der Waals surface area contributed by atoms with E-state index in [-0.39, 0.29) is 28.9 Å². The monoisotopic (exact) mass is 416 g/mol. The van der Waals surface area contributed by atoms with E-state index < -0.39 is 17.6 Å². The zero-order valence-electron chi connectivity index (χ0n) is 14.7. The molecular weight excluding hydrogens is 399 g/mol. The fraction of sp³-hybridized carbons (Fsp3) is 0.333. The highest BCUT2D eigenvalue weighted by Crippen LogP contribution is 2.33. The van der Waals surface area contributed by atoms with E-state index in [1.54, 1.807) is 17.0 Å². The molecular formula is C18H18ClF3N3O3+. The normalized spacial score (nSPS) is 15.5. The highest BCUT2D eigenvalue weighted by molar-refractivity contribution is 6.33. The first-order valence-electron chi connectivity index (χ1n) is 8.57. The average Bonchev–Trinajstić information content (AvgIpc) is 3.17. The lowest BCUT2D eigenvalue weighted by Crippen LogP contribution is -3.15. The van der Waals surface area contributed by atoms with Crippen molar-refractivity contribution < 1.29 is 32.1 Å². The summed E-state index contributed by atoms with van der Waals surface area (Å²) in [5.74, 6) is -0.383. The average molecular weight is 417 g/mol. The minimum Gasteiger partial charge on any atom is -0.459 e. The molecule has 1 aliphatic rings. The van der Waals surface area contributed by atoms with E-state index in [0.29, 0.717) is 26.2 Å². The molecule has 2 aromatic rings. The van der Waals surface area contributed by atoms with Crippen LogP contribution in [0.15, 0.2) is 41.0 Å². The molecule has 0 atom stereocenters. The smallest absolute Gasteiger partial charge is 0.416 e. The summed E-state index contributed by atoms with van der Waals surface area (Å²) in [7, 11) is 0. The SMILES string of the molecule is O=C(C[NH+]1CCN(C(=O)c2ccco2)CC1)Nc1cc(C(F)(F)F)ccc1Cl. The number of nitrogens with one attached hydrogen (secondary N) is 2. The first-order valence-corrected chi connectivity index (χ1v) is 8.95. The number of quaternary nitrogens is 1. The topological polar surface area (TPSA) is 67.0 Å². The summed E-state index contributed by atoms with van der Waals surface area (Å²) < 4.78 is 43.5. The molecule has 0 radical (unpaired) electrons. The molecule has 2 N–H and O–H groups in total. The van der Waals surface area contributed by atoms with Gasteiger partial charge in [0, 0.05) is 0 Å². The number of halogens is 4. The Bertz CT molecular complexity index is 848. The molecule has 2 amide bonds. The highest BCUT2D eigenvalue weighted by atomic mass is 35.5. The third-order valence-electron chi connectivity index (χ3n) is 4.47. The number of carbonyl (C=O) groups excluding carboxylic acids is 2. The molecule has 1 fully saturated rings. The molecule has 0 saturated carbocycles. The molecule has 1 aromatic heterocycles. The zero-order chi connectivity index (χ0) is 20.3. The maximum atomic E-state index is 12.8. The predicted molar refractivity (Wildman–Crippen MR) is 95.3 cm³/mol. The Morgan fingerprint density at radius 3 is 2.54 bits per heavy atom. The lowest BCUT2D eigenvalue weighted by molar-refractivity contribution is -0.895. The van der Waals surface area contributed by atoms with Crippen molar-refractivity contribution in [2.24, 2.45) is 0 Å². The lowest BCUT2D eigenvalue weighted by atomic mass is 10.2. The van der Waals surface area contributed by atoms with Gasteiger partial charge in [-0.1, -0.05) is 11.6 Å². The van der Waals surface area contributed by atoms with Gasteiger partial charge < -0.3 is 19.5 Å². The summed E-state index contributed by atoms with van der Waals surface area (Å²) in [5, 5.41) is 2.47. The fourth-order valence-corrected chi connectivity index (χ4v) is 3.14. The number of alkyl halides is 3. The van der Waals surface area contributed by atoms with Crippen molar-refractivity contribution in [3.05, 3.63) is 52.9 Å². The second kappa shape index (κ2) is 8.24. The van der Waals surface area contributed by atoms with Gasteiger partial charge >= 0.3 is 6.18 Å². The van der Waals surface area contributed by atoms with Crippen LogP contribution in [-0.2, 0) is 11.0 Å². The number of piperazine rings is 1. The summed E-state index contributed by atoms with van der Waals surface area (Å²) in [6.45, 7) is 2.04. The summed E-state index contributed by atoms with van der Waals surface area (Å²) in [6, 6.07) is 6.01. The number of carbonyl (C=O) groups is 2. The first kappa shape index (κ1) is 20.2. The Balaban J connectivity index is 1.53. The van der Waals surface area contributed by atoms with E-state index in [2.05, 4.69) is 5.32 Å². The summed E-state index contributed by atoms with van der Waals surface area (Å²) in [4.78, 5) is 27.0. The molecule has 0 spiro atoms. The van der Waals surface area contributed by atoms with Crippen LogP contribution in [0.1, 0.15) is 16.1 Å². The number of rotatable bonds is 4. The molecule has 28 heavy (non-hydrogen) atoms. The Kier molecular flexibility index (Phi) is 5.95. The fourth-order valence-electron chi connectivity index (χ4n) is 2.98. The van der Waals surface area contributed by atoms with Crippen LogP contribution in [0.3, 0.4) is 0 Å². The number of amides is 2. The van der Waals surface area contributed by atoms with Crippen molar-refractivity contribution in [3.63, 3.8) is 0 Å². The molecule has 1 saturated heterocycles. The van der Waals surface area contributed by atoms with E-state index in [9.17, 15) is 22.8 Å². The maximum absolute atomic E-state index is 12.8. The van der Waals surface area contributed by atoms with Crippen LogP contribution in [0.4, 0.5) is 18.9 Å². The molecule has 1 aliphatic heterocycles. The molecule has 0 bridgehead atoms. The number of nitrogens with zero attached hydrogens (tertiary/aromatic N) is 1.